The molecule has 2 N–H and O–H groups in total. The number of rotatable bonds is 5. The summed E-state index contributed by atoms with van der Waals surface area (Å²) in [5.74, 6) is 0.677. The van der Waals surface area contributed by atoms with E-state index in [1.807, 2.05) is 32.9 Å². The number of hydrazone groups is 1. The summed E-state index contributed by atoms with van der Waals surface area (Å²) in [7, 11) is 0. The minimum Gasteiger partial charge on any atom is -0.383 e. The van der Waals surface area contributed by atoms with Crippen molar-refractivity contribution in [1.82, 2.24) is 9.73 Å². The molecule has 7 heteroatoms. The number of hydrogen-bond acceptors (Lipinski definition) is 6. The highest BCUT2D eigenvalue weighted by atomic mass is 32.2. The lowest BCUT2D eigenvalue weighted by atomic mass is 10.0. The van der Waals surface area contributed by atoms with Gasteiger partial charge in [-0.25, -0.2) is 10.0 Å². The smallest absolute Gasteiger partial charge is 0.277 e. The summed E-state index contributed by atoms with van der Waals surface area (Å²) < 4.78 is 3.20. The maximum absolute atomic E-state index is 13.4. The molecular weight excluding hydrogens is 420 g/mol. The quantitative estimate of drug-likeness (QED) is 0.592. The van der Waals surface area contributed by atoms with Crippen LogP contribution in [0.25, 0.3) is 0 Å². The molecule has 0 saturated carbocycles. The van der Waals surface area contributed by atoms with Gasteiger partial charge in [-0.1, -0.05) is 39.8 Å². The van der Waals surface area contributed by atoms with Crippen LogP contribution in [0.3, 0.4) is 0 Å². The molecule has 172 valence electrons. The van der Waals surface area contributed by atoms with E-state index >= 15 is 0 Å². The molecule has 0 bridgehead atoms. The Labute approximate surface area is 195 Å². The average Bonchev–Trinajstić information content (AvgIpc) is 3.28. The number of carbonyl (C=O) groups is 1. The molecule has 4 rings (SSSR count). The zero-order valence-electron chi connectivity index (χ0n) is 19.7. The monoisotopic (exact) mass is 454 g/mol. The van der Waals surface area contributed by atoms with Crippen LogP contribution in [0.15, 0.2) is 56.5 Å². The summed E-state index contributed by atoms with van der Waals surface area (Å²) >= 11 is 1.44. The first-order valence-electron chi connectivity index (χ1n) is 11.5. The van der Waals surface area contributed by atoms with Gasteiger partial charge >= 0.3 is 0 Å². The number of nitrogens with zero attached hydrogens (tertiary/aromatic N) is 3. The van der Waals surface area contributed by atoms with Gasteiger partial charge in [0.15, 0.2) is 0 Å². The molecule has 2 heterocycles. The Kier molecular flexibility index (Phi) is 8.32. The molecule has 0 radical (unpaired) electrons. The number of nitrogens with one attached hydrogen (secondary N) is 1. The Morgan fingerprint density at radius 2 is 2.09 bits per heavy atom. The summed E-state index contributed by atoms with van der Waals surface area (Å²) in [6, 6.07) is 6.03. The topological polar surface area (TPSA) is 77.3 Å². The third-order valence-electron chi connectivity index (χ3n) is 5.45. The highest BCUT2D eigenvalue weighted by Gasteiger charge is 2.32. The van der Waals surface area contributed by atoms with Crippen LogP contribution < -0.4 is 4.72 Å². The number of amidine groups is 1. The number of aryl methyl sites for hydroxylation is 1. The Balaban J connectivity index is 0.00000141. The number of benzene rings is 1. The standard InChI is InChI=1S/C23H28N4O2S.C2H6/c1-14(2)10-11-27-23(29)17(13-19(28)21(25-27)16-6-4-5-7-16)22-24-18-9-8-15(3)12-20(18)30-26-22;1-2/h6,8-9,12-14,19,28H,4-5,7,10-11H2,1-3H3,(H,24,26);1-2H3. The zero-order chi connectivity index (χ0) is 23.3. The van der Waals surface area contributed by atoms with Crippen molar-refractivity contribution in [3.63, 3.8) is 0 Å². The molecule has 1 amide bonds. The number of aliphatic imine (C=N–C) groups is 1. The Morgan fingerprint density at radius 3 is 2.78 bits per heavy atom. The zero-order valence-corrected chi connectivity index (χ0v) is 20.5. The lowest BCUT2D eigenvalue weighted by Gasteiger charge is -2.22. The van der Waals surface area contributed by atoms with E-state index < -0.39 is 6.10 Å². The second-order valence-electron chi connectivity index (χ2n) is 8.38. The van der Waals surface area contributed by atoms with Crippen molar-refractivity contribution in [3.05, 3.63) is 47.1 Å². The molecular formula is C25H34N4O2S. The van der Waals surface area contributed by atoms with Crippen molar-refractivity contribution in [2.24, 2.45) is 16.0 Å². The molecule has 1 unspecified atom stereocenters. The fraction of sp³-hybridized carbons (Fsp3) is 0.480. The van der Waals surface area contributed by atoms with E-state index in [1.54, 1.807) is 6.08 Å². The van der Waals surface area contributed by atoms with Crippen molar-refractivity contribution in [2.75, 3.05) is 6.54 Å². The van der Waals surface area contributed by atoms with Crippen LogP contribution >= 0.6 is 11.9 Å². The Hall–Kier alpha value is -2.38. The molecule has 0 spiro atoms. The molecule has 6 nitrogen and oxygen atoms in total. The van der Waals surface area contributed by atoms with Crippen molar-refractivity contribution >= 4 is 35.1 Å². The van der Waals surface area contributed by atoms with E-state index in [9.17, 15) is 9.90 Å². The molecule has 32 heavy (non-hydrogen) atoms. The summed E-state index contributed by atoms with van der Waals surface area (Å²) in [4.78, 5) is 19.1. The maximum atomic E-state index is 13.4. The van der Waals surface area contributed by atoms with Gasteiger partial charge in [-0.3, -0.25) is 4.79 Å². The van der Waals surface area contributed by atoms with Gasteiger partial charge in [0.05, 0.1) is 21.9 Å². The Bertz CT molecular complexity index is 978. The van der Waals surface area contributed by atoms with Crippen molar-refractivity contribution in [3.8, 4) is 0 Å². The van der Waals surface area contributed by atoms with Crippen LogP contribution in [0, 0.1) is 12.8 Å². The van der Waals surface area contributed by atoms with Crippen LogP contribution in [0.4, 0.5) is 5.69 Å². The number of aliphatic hydroxyl groups excluding tert-OH is 1. The number of aliphatic hydroxyl groups is 1. The molecule has 2 aliphatic heterocycles. The molecule has 1 atom stereocenters. The van der Waals surface area contributed by atoms with E-state index in [0.29, 0.717) is 29.6 Å². The van der Waals surface area contributed by atoms with Gasteiger partial charge in [0.2, 0.25) is 0 Å². The van der Waals surface area contributed by atoms with Gasteiger partial charge in [-0.05, 0) is 79.8 Å². The first-order chi connectivity index (χ1) is 15.4. The normalized spacial score (nSPS) is 20.3. The van der Waals surface area contributed by atoms with Gasteiger partial charge in [0.25, 0.3) is 5.91 Å². The fourth-order valence-electron chi connectivity index (χ4n) is 3.71. The first kappa shape index (κ1) is 24.3. The largest absolute Gasteiger partial charge is 0.383 e. The third-order valence-corrected chi connectivity index (χ3v) is 6.29. The highest BCUT2D eigenvalue weighted by molar-refractivity contribution is 7.98. The number of hydrogen-bond donors (Lipinski definition) is 2. The van der Waals surface area contributed by atoms with Gasteiger partial charge in [-0.15, -0.1) is 0 Å². The van der Waals surface area contributed by atoms with Crippen LogP contribution in [0.2, 0.25) is 0 Å². The molecule has 1 aromatic rings. The predicted molar refractivity (Wildman–Crippen MR) is 133 cm³/mol. The minimum atomic E-state index is -0.939. The second kappa shape index (κ2) is 11.0. The summed E-state index contributed by atoms with van der Waals surface area (Å²) in [5, 5.41) is 17.1. The molecule has 3 aliphatic rings. The Morgan fingerprint density at radius 1 is 1.31 bits per heavy atom. The van der Waals surface area contributed by atoms with E-state index in [4.69, 9.17) is 0 Å². The van der Waals surface area contributed by atoms with Crippen LogP contribution in [0.1, 0.15) is 58.9 Å². The highest BCUT2D eigenvalue weighted by Crippen LogP contribution is 2.34. The van der Waals surface area contributed by atoms with Crippen LogP contribution in [0.5, 0.6) is 0 Å². The van der Waals surface area contributed by atoms with Crippen LogP contribution in [-0.2, 0) is 4.79 Å². The van der Waals surface area contributed by atoms with E-state index in [0.717, 1.165) is 47.4 Å². The van der Waals surface area contributed by atoms with Crippen LogP contribution in [-0.4, -0.2) is 40.2 Å². The number of carbonyl (C=O) groups excluding carboxylic acids is 1. The van der Waals surface area contributed by atoms with Gasteiger partial charge in [0, 0.05) is 6.54 Å². The van der Waals surface area contributed by atoms with Gasteiger partial charge in [0.1, 0.15) is 11.9 Å². The maximum Gasteiger partial charge on any atom is 0.277 e. The second-order valence-corrected chi connectivity index (χ2v) is 9.23. The van der Waals surface area contributed by atoms with E-state index in [-0.39, 0.29) is 5.91 Å². The molecule has 1 aromatic carbocycles. The number of fused-ring (bicyclic) bond motifs is 1. The van der Waals surface area contributed by atoms with E-state index in [1.165, 1.54) is 17.0 Å². The lowest BCUT2D eigenvalue weighted by Crippen LogP contribution is -2.34. The SMILES string of the molecule is CC.Cc1ccc2c(c1)SNC(C1=CC(O)C(C3=CCCC3)=NN(CCC(C)C)C1=O)=N2. The number of allylic oxidation sites excluding steroid dienone is 1. The minimum absolute atomic E-state index is 0.231. The lowest BCUT2D eigenvalue weighted by molar-refractivity contribution is -0.126. The van der Waals surface area contributed by atoms with E-state index in [2.05, 4.69) is 40.8 Å². The molecule has 0 aromatic heterocycles. The van der Waals surface area contributed by atoms with Crippen molar-refractivity contribution < 1.29 is 9.90 Å². The molecule has 0 fully saturated rings. The average molecular weight is 455 g/mol. The van der Waals surface area contributed by atoms with Gasteiger partial charge in [-0.2, -0.15) is 5.10 Å². The predicted octanol–water partition coefficient (Wildman–Crippen LogP) is 5.30. The summed E-state index contributed by atoms with van der Waals surface area (Å²) in [6.07, 6.45) is 6.54. The molecule has 0 saturated heterocycles. The van der Waals surface area contributed by atoms with Crippen molar-refractivity contribution in [1.29, 1.82) is 0 Å². The van der Waals surface area contributed by atoms with Gasteiger partial charge < -0.3 is 9.83 Å². The summed E-state index contributed by atoms with van der Waals surface area (Å²) in [5.41, 5.74) is 3.96. The fourth-order valence-corrected chi connectivity index (χ4v) is 4.53. The summed E-state index contributed by atoms with van der Waals surface area (Å²) in [6.45, 7) is 10.8. The van der Waals surface area contributed by atoms with Crippen molar-refractivity contribution in [2.45, 2.75) is 71.3 Å². The first-order valence-corrected chi connectivity index (χ1v) is 12.4. The third kappa shape index (κ3) is 5.51. The number of amides is 1. The molecule has 1 aliphatic carbocycles.